The van der Waals surface area contributed by atoms with Crippen molar-refractivity contribution in [1.29, 1.82) is 0 Å². The third-order valence-electron chi connectivity index (χ3n) is 3.58. The highest BCUT2D eigenvalue weighted by atomic mass is 35.5. The number of hydrogen-bond donors (Lipinski definition) is 1. The standard InChI is InChI=1S/C17H15ClN2O3/c1-22-14-7-8-15-11(10-14)2-9-16(15)20-23-17(21)19-13-5-3-12(18)4-6-13/h3-8,10H,2,9H2,1H3,(H,19,21)/b20-16-. The quantitative estimate of drug-likeness (QED) is 0.676. The molecule has 1 N–H and O–H groups in total. The average Bonchev–Trinajstić information content (AvgIpc) is 2.97. The van der Waals surface area contributed by atoms with Crippen molar-refractivity contribution in [2.45, 2.75) is 12.8 Å². The SMILES string of the molecule is COc1ccc2c(c1)CC/C2=N/OC(=O)Nc1ccc(Cl)cc1. The molecule has 0 heterocycles. The molecule has 23 heavy (non-hydrogen) atoms. The molecule has 2 aromatic carbocycles. The Labute approximate surface area is 138 Å². The number of nitrogens with zero attached hydrogens (tertiary/aromatic N) is 1. The summed E-state index contributed by atoms with van der Waals surface area (Å²) >= 11 is 5.79. The Kier molecular flexibility index (Phi) is 4.48. The van der Waals surface area contributed by atoms with E-state index < -0.39 is 6.09 Å². The van der Waals surface area contributed by atoms with Crippen LogP contribution in [0.25, 0.3) is 0 Å². The molecule has 0 aromatic heterocycles. The van der Waals surface area contributed by atoms with Crippen LogP contribution in [0.15, 0.2) is 47.6 Å². The van der Waals surface area contributed by atoms with Crippen molar-refractivity contribution in [3.8, 4) is 5.75 Å². The number of rotatable bonds is 3. The van der Waals surface area contributed by atoms with E-state index >= 15 is 0 Å². The van der Waals surface area contributed by atoms with Gasteiger partial charge in [-0.05, 0) is 60.9 Å². The summed E-state index contributed by atoms with van der Waals surface area (Å²) in [7, 11) is 1.63. The zero-order valence-electron chi connectivity index (χ0n) is 12.5. The van der Waals surface area contributed by atoms with Crippen molar-refractivity contribution in [3.63, 3.8) is 0 Å². The Balaban J connectivity index is 1.65. The van der Waals surface area contributed by atoms with Crippen LogP contribution in [0.5, 0.6) is 5.75 Å². The first-order valence-electron chi connectivity index (χ1n) is 7.13. The van der Waals surface area contributed by atoms with Crippen molar-refractivity contribution < 1.29 is 14.4 Å². The summed E-state index contributed by atoms with van der Waals surface area (Å²) in [4.78, 5) is 16.7. The molecule has 0 aliphatic heterocycles. The molecule has 1 aliphatic carbocycles. The summed E-state index contributed by atoms with van der Waals surface area (Å²) < 4.78 is 5.20. The second kappa shape index (κ2) is 6.71. The summed E-state index contributed by atoms with van der Waals surface area (Å²) in [6, 6.07) is 12.5. The van der Waals surface area contributed by atoms with Crippen LogP contribution in [0.4, 0.5) is 10.5 Å². The topological polar surface area (TPSA) is 59.9 Å². The van der Waals surface area contributed by atoms with E-state index in [2.05, 4.69) is 10.5 Å². The lowest BCUT2D eigenvalue weighted by Crippen LogP contribution is -2.12. The third kappa shape index (κ3) is 3.63. The number of halogens is 1. The molecule has 118 valence electrons. The third-order valence-corrected chi connectivity index (χ3v) is 3.84. The molecule has 6 heteroatoms. The van der Waals surface area contributed by atoms with Gasteiger partial charge in [0.2, 0.25) is 0 Å². The molecule has 1 aliphatic rings. The van der Waals surface area contributed by atoms with E-state index in [0.717, 1.165) is 35.4 Å². The van der Waals surface area contributed by atoms with Crippen molar-refractivity contribution in [1.82, 2.24) is 0 Å². The molecule has 2 aromatic rings. The molecule has 5 nitrogen and oxygen atoms in total. The average molecular weight is 331 g/mol. The van der Waals surface area contributed by atoms with Gasteiger partial charge >= 0.3 is 6.09 Å². The van der Waals surface area contributed by atoms with Crippen LogP contribution in [0.2, 0.25) is 5.02 Å². The van der Waals surface area contributed by atoms with Gasteiger partial charge in [-0.1, -0.05) is 16.8 Å². The number of amides is 1. The largest absolute Gasteiger partial charge is 0.497 e. The maximum atomic E-state index is 11.8. The van der Waals surface area contributed by atoms with Gasteiger partial charge in [-0.2, -0.15) is 0 Å². The number of ether oxygens (including phenoxy) is 1. The van der Waals surface area contributed by atoms with Crippen LogP contribution < -0.4 is 10.1 Å². The maximum Gasteiger partial charge on any atom is 0.437 e. The van der Waals surface area contributed by atoms with Gasteiger partial charge in [-0.3, -0.25) is 10.2 Å². The molecule has 0 saturated carbocycles. The van der Waals surface area contributed by atoms with Crippen molar-refractivity contribution >= 4 is 29.1 Å². The zero-order chi connectivity index (χ0) is 16.2. The minimum absolute atomic E-state index is 0.594. The Morgan fingerprint density at radius 2 is 1.96 bits per heavy atom. The van der Waals surface area contributed by atoms with Crippen LogP contribution in [0, 0.1) is 0 Å². The van der Waals surface area contributed by atoms with Crippen LogP contribution >= 0.6 is 11.6 Å². The summed E-state index contributed by atoms with van der Waals surface area (Å²) in [5, 5.41) is 7.16. The first kappa shape index (κ1) is 15.4. The van der Waals surface area contributed by atoms with Gasteiger partial charge in [0.15, 0.2) is 0 Å². The molecule has 0 spiro atoms. The van der Waals surface area contributed by atoms with Gasteiger partial charge in [-0.15, -0.1) is 0 Å². The van der Waals surface area contributed by atoms with Crippen LogP contribution in [0.1, 0.15) is 17.5 Å². The maximum absolute atomic E-state index is 11.8. The van der Waals surface area contributed by atoms with Crippen molar-refractivity contribution in [3.05, 3.63) is 58.6 Å². The van der Waals surface area contributed by atoms with E-state index in [9.17, 15) is 4.79 Å². The molecule has 0 atom stereocenters. The fraction of sp³-hybridized carbons (Fsp3) is 0.176. The number of fused-ring (bicyclic) bond motifs is 1. The highest BCUT2D eigenvalue weighted by Gasteiger charge is 2.19. The molecule has 0 fully saturated rings. The van der Waals surface area contributed by atoms with E-state index in [1.165, 1.54) is 0 Å². The fourth-order valence-electron chi connectivity index (χ4n) is 2.44. The summed E-state index contributed by atoms with van der Waals surface area (Å²) in [5.41, 5.74) is 3.49. The molecular weight excluding hydrogens is 316 g/mol. The lowest BCUT2D eigenvalue weighted by Gasteiger charge is -2.05. The van der Waals surface area contributed by atoms with Gasteiger partial charge in [0.25, 0.3) is 0 Å². The number of oxime groups is 1. The first-order chi connectivity index (χ1) is 11.2. The van der Waals surface area contributed by atoms with Crippen LogP contribution in [0.3, 0.4) is 0 Å². The predicted octanol–water partition coefficient (Wildman–Crippen LogP) is 4.25. The molecule has 0 bridgehead atoms. The summed E-state index contributed by atoms with van der Waals surface area (Å²) in [6.45, 7) is 0. The molecule has 0 radical (unpaired) electrons. The number of methoxy groups -OCH3 is 1. The van der Waals surface area contributed by atoms with Gasteiger partial charge in [-0.25, -0.2) is 4.79 Å². The predicted molar refractivity (Wildman–Crippen MR) is 89.4 cm³/mol. The van der Waals surface area contributed by atoms with Crippen LogP contribution in [-0.4, -0.2) is 18.9 Å². The van der Waals surface area contributed by atoms with Crippen molar-refractivity contribution in [2.24, 2.45) is 5.16 Å². The molecule has 0 unspecified atom stereocenters. The van der Waals surface area contributed by atoms with E-state index in [4.69, 9.17) is 21.2 Å². The Hall–Kier alpha value is -2.53. The summed E-state index contributed by atoms with van der Waals surface area (Å²) in [5.74, 6) is 0.811. The molecular formula is C17H15ClN2O3. The van der Waals surface area contributed by atoms with Crippen molar-refractivity contribution in [2.75, 3.05) is 12.4 Å². The van der Waals surface area contributed by atoms with Gasteiger partial charge in [0.05, 0.1) is 12.8 Å². The lowest BCUT2D eigenvalue weighted by molar-refractivity contribution is 0.166. The number of nitrogens with one attached hydrogen (secondary N) is 1. The zero-order valence-corrected chi connectivity index (χ0v) is 13.3. The number of aryl methyl sites for hydroxylation is 1. The van der Waals surface area contributed by atoms with Gasteiger partial charge < -0.3 is 4.74 Å². The number of anilines is 1. The van der Waals surface area contributed by atoms with E-state index in [1.54, 1.807) is 31.4 Å². The Morgan fingerprint density at radius 3 is 2.70 bits per heavy atom. The highest BCUT2D eigenvalue weighted by molar-refractivity contribution is 6.30. The smallest absolute Gasteiger partial charge is 0.437 e. The minimum atomic E-state index is -0.637. The molecule has 1 amide bonds. The van der Waals surface area contributed by atoms with Gasteiger partial charge in [0.1, 0.15) is 5.75 Å². The van der Waals surface area contributed by atoms with E-state index in [1.807, 2.05) is 18.2 Å². The highest BCUT2D eigenvalue weighted by Crippen LogP contribution is 2.26. The van der Waals surface area contributed by atoms with Gasteiger partial charge in [0, 0.05) is 16.3 Å². The Morgan fingerprint density at radius 1 is 1.17 bits per heavy atom. The number of benzene rings is 2. The first-order valence-corrected chi connectivity index (χ1v) is 7.51. The Bertz CT molecular complexity index is 757. The van der Waals surface area contributed by atoms with E-state index in [-0.39, 0.29) is 0 Å². The number of carbonyl (C=O) groups excluding carboxylic acids is 1. The second-order valence-electron chi connectivity index (χ2n) is 5.07. The lowest BCUT2D eigenvalue weighted by atomic mass is 10.1. The van der Waals surface area contributed by atoms with Crippen LogP contribution in [-0.2, 0) is 11.3 Å². The number of carbonyl (C=O) groups is 1. The minimum Gasteiger partial charge on any atom is -0.497 e. The number of hydrogen-bond acceptors (Lipinski definition) is 4. The molecule has 3 rings (SSSR count). The fourth-order valence-corrected chi connectivity index (χ4v) is 2.56. The second-order valence-corrected chi connectivity index (χ2v) is 5.51. The summed E-state index contributed by atoms with van der Waals surface area (Å²) in [6.07, 6.45) is 0.950. The monoisotopic (exact) mass is 330 g/mol. The molecule has 0 saturated heterocycles. The normalized spacial score (nSPS) is 14.4. The van der Waals surface area contributed by atoms with E-state index in [0.29, 0.717) is 10.7 Å².